The molecule has 0 bridgehead atoms. The molecular formula is C5H10O5Sn. The SMILES string of the molecule is O=C(CO)[C@H](O)[C@H](O)CO.[Sn]. The van der Waals surface area contributed by atoms with Gasteiger partial charge in [-0.25, -0.2) is 0 Å². The zero-order valence-corrected chi connectivity index (χ0v) is 8.62. The van der Waals surface area contributed by atoms with E-state index in [0.717, 1.165) is 0 Å². The summed E-state index contributed by atoms with van der Waals surface area (Å²) < 4.78 is 0. The number of carbonyl (C=O) groups is 1. The third-order valence-corrected chi connectivity index (χ3v) is 1.04. The van der Waals surface area contributed by atoms with Crippen molar-refractivity contribution in [2.45, 2.75) is 12.2 Å². The van der Waals surface area contributed by atoms with Crippen molar-refractivity contribution in [1.29, 1.82) is 0 Å². The van der Waals surface area contributed by atoms with Crippen LogP contribution in [0.2, 0.25) is 0 Å². The molecule has 64 valence electrons. The summed E-state index contributed by atoms with van der Waals surface area (Å²) in [4.78, 5) is 10.3. The summed E-state index contributed by atoms with van der Waals surface area (Å²) in [6.45, 7) is -1.54. The Morgan fingerprint density at radius 2 is 1.73 bits per heavy atom. The minimum atomic E-state index is -1.69. The molecule has 0 heterocycles. The molecule has 4 radical (unpaired) electrons. The van der Waals surface area contributed by atoms with Gasteiger partial charge in [0.1, 0.15) is 18.8 Å². The molecule has 4 N–H and O–H groups in total. The number of hydrogen-bond donors (Lipinski definition) is 4. The first-order valence-electron chi connectivity index (χ1n) is 2.74. The van der Waals surface area contributed by atoms with Gasteiger partial charge < -0.3 is 20.4 Å². The Bertz CT molecular complexity index is 117. The van der Waals surface area contributed by atoms with Gasteiger partial charge in [-0.05, 0) is 0 Å². The molecule has 0 amide bonds. The fourth-order valence-corrected chi connectivity index (χ4v) is 0.408. The monoisotopic (exact) mass is 270 g/mol. The summed E-state index contributed by atoms with van der Waals surface area (Å²) in [5.74, 6) is -0.901. The van der Waals surface area contributed by atoms with Gasteiger partial charge in [0, 0.05) is 23.9 Å². The smallest absolute Gasteiger partial charge is 0.189 e. The number of aliphatic hydroxyl groups is 4. The van der Waals surface area contributed by atoms with E-state index in [1.165, 1.54) is 0 Å². The molecular weight excluding hydrogens is 259 g/mol. The second kappa shape index (κ2) is 6.98. The van der Waals surface area contributed by atoms with E-state index in [2.05, 4.69) is 0 Å². The van der Waals surface area contributed by atoms with Crippen LogP contribution in [0.5, 0.6) is 0 Å². The van der Waals surface area contributed by atoms with E-state index in [-0.39, 0.29) is 23.9 Å². The number of aliphatic hydroxyl groups excluding tert-OH is 4. The van der Waals surface area contributed by atoms with Crippen LogP contribution in [0.25, 0.3) is 0 Å². The first kappa shape index (κ1) is 13.9. The van der Waals surface area contributed by atoms with Crippen LogP contribution in [0.15, 0.2) is 0 Å². The van der Waals surface area contributed by atoms with Crippen molar-refractivity contribution in [3.8, 4) is 0 Å². The summed E-state index contributed by atoms with van der Waals surface area (Å²) in [6.07, 6.45) is -3.19. The largest absolute Gasteiger partial charge is 0.394 e. The molecule has 5 nitrogen and oxygen atoms in total. The quantitative estimate of drug-likeness (QED) is 0.405. The molecule has 0 aromatic rings. The number of ketones is 1. The summed E-state index contributed by atoms with van der Waals surface area (Å²) in [7, 11) is 0. The Morgan fingerprint density at radius 1 is 1.27 bits per heavy atom. The molecule has 0 saturated heterocycles. The van der Waals surface area contributed by atoms with Crippen LogP contribution < -0.4 is 0 Å². The zero-order valence-electron chi connectivity index (χ0n) is 5.77. The van der Waals surface area contributed by atoms with Crippen molar-refractivity contribution in [2.24, 2.45) is 0 Å². The minimum Gasteiger partial charge on any atom is -0.394 e. The third-order valence-electron chi connectivity index (χ3n) is 1.04. The Labute approximate surface area is 80.6 Å². The molecule has 0 unspecified atom stereocenters. The van der Waals surface area contributed by atoms with Crippen molar-refractivity contribution in [1.82, 2.24) is 0 Å². The van der Waals surface area contributed by atoms with E-state index in [9.17, 15) is 4.79 Å². The van der Waals surface area contributed by atoms with Crippen molar-refractivity contribution < 1.29 is 25.2 Å². The minimum absolute atomic E-state index is 0. The number of rotatable bonds is 4. The molecule has 0 aromatic heterocycles. The molecule has 6 heteroatoms. The maximum Gasteiger partial charge on any atom is 0.189 e. The van der Waals surface area contributed by atoms with E-state index in [1.54, 1.807) is 0 Å². The van der Waals surface area contributed by atoms with Crippen molar-refractivity contribution in [2.75, 3.05) is 13.2 Å². The van der Waals surface area contributed by atoms with Gasteiger partial charge in [-0.3, -0.25) is 4.79 Å². The standard InChI is InChI=1S/C5H10O5.Sn/c6-1-3(8)5(10)4(9)2-7;/h3,5-8,10H,1-2H2;/t3-,5-;/m1./s1. The summed E-state index contributed by atoms with van der Waals surface area (Å²) in [5.41, 5.74) is 0. The van der Waals surface area contributed by atoms with Gasteiger partial charge in [-0.2, -0.15) is 0 Å². The number of Topliss-reactive ketones (excluding diaryl/α,β-unsaturated/α-hetero) is 1. The van der Waals surface area contributed by atoms with Gasteiger partial charge in [0.15, 0.2) is 5.78 Å². The number of carbonyl (C=O) groups excluding carboxylic acids is 1. The summed E-state index contributed by atoms with van der Waals surface area (Å²) in [6, 6.07) is 0. The van der Waals surface area contributed by atoms with Crippen LogP contribution >= 0.6 is 0 Å². The number of hydrogen-bond acceptors (Lipinski definition) is 5. The molecule has 0 aliphatic carbocycles. The molecule has 0 fully saturated rings. The second-order valence-corrected chi connectivity index (χ2v) is 1.82. The molecule has 0 spiro atoms. The maximum atomic E-state index is 10.3. The van der Waals surface area contributed by atoms with Crippen LogP contribution in [0.1, 0.15) is 0 Å². The van der Waals surface area contributed by atoms with E-state index >= 15 is 0 Å². The maximum absolute atomic E-state index is 10.3. The van der Waals surface area contributed by atoms with Crippen molar-refractivity contribution >= 4 is 29.7 Å². The van der Waals surface area contributed by atoms with Crippen LogP contribution in [-0.4, -0.2) is 75.5 Å². The fraction of sp³-hybridized carbons (Fsp3) is 0.800. The predicted octanol–water partition coefficient (Wildman–Crippen LogP) is -3.12. The zero-order chi connectivity index (χ0) is 8.15. The molecule has 11 heavy (non-hydrogen) atoms. The second-order valence-electron chi connectivity index (χ2n) is 1.82. The first-order chi connectivity index (χ1) is 4.63. The van der Waals surface area contributed by atoms with Gasteiger partial charge in [0.25, 0.3) is 0 Å². The van der Waals surface area contributed by atoms with E-state index in [0.29, 0.717) is 0 Å². The summed E-state index contributed by atoms with van der Waals surface area (Å²) in [5, 5.41) is 33.6. The molecule has 0 saturated carbocycles. The van der Waals surface area contributed by atoms with Crippen LogP contribution in [-0.2, 0) is 4.79 Å². The van der Waals surface area contributed by atoms with Crippen LogP contribution in [0.4, 0.5) is 0 Å². The predicted molar refractivity (Wildman–Crippen MR) is 36.9 cm³/mol. The molecule has 0 rings (SSSR count). The van der Waals surface area contributed by atoms with Gasteiger partial charge in [0.05, 0.1) is 6.61 Å². The molecule has 0 aliphatic heterocycles. The van der Waals surface area contributed by atoms with E-state index in [4.69, 9.17) is 20.4 Å². The van der Waals surface area contributed by atoms with Crippen LogP contribution in [0, 0.1) is 0 Å². The van der Waals surface area contributed by atoms with Crippen LogP contribution in [0.3, 0.4) is 0 Å². The average Bonchev–Trinajstić information content (AvgIpc) is 2.00. The van der Waals surface area contributed by atoms with Crippen molar-refractivity contribution in [3.63, 3.8) is 0 Å². The van der Waals surface area contributed by atoms with Crippen molar-refractivity contribution in [3.05, 3.63) is 0 Å². The van der Waals surface area contributed by atoms with Gasteiger partial charge in [0.2, 0.25) is 0 Å². The first-order valence-corrected chi connectivity index (χ1v) is 2.74. The third kappa shape index (κ3) is 4.70. The van der Waals surface area contributed by atoms with Gasteiger partial charge >= 0.3 is 0 Å². The Morgan fingerprint density at radius 3 is 2.00 bits per heavy atom. The van der Waals surface area contributed by atoms with Gasteiger partial charge in [-0.15, -0.1) is 0 Å². The average molecular weight is 269 g/mol. The van der Waals surface area contributed by atoms with E-state index < -0.39 is 31.2 Å². The Balaban J connectivity index is 0. The fourth-order valence-electron chi connectivity index (χ4n) is 0.408. The van der Waals surface area contributed by atoms with Gasteiger partial charge in [-0.1, -0.05) is 0 Å². The molecule has 0 aromatic carbocycles. The molecule has 2 atom stereocenters. The Hall–Kier alpha value is 0.309. The summed E-state index contributed by atoms with van der Waals surface area (Å²) >= 11 is 0. The topological polar surface area (TPSA) is 98.0 Å². The normalized spacial score (nSPS) is 14.9. The van der Waals surface area contributed by atoms with E-state index in [1.807, 2.05) is 0 Å². The molecule has 0 aliphatic rings. The Kier molecular flexibility index (Phi) is 8.81.